The van der Waals surface area contributed by atoms with Gasteiger partial charge < -0.3 is 14.8 Å². The molecule has 2 amide bonds. The fraction of sp³-hybridized carbons (Fsp3) is 0.133. The van der Waals surface area contributed by atoms with E-state index in [-0.39, 0.29) is 18.1 Å². The van der Waals surface area contributed by atoms with Gasteiger partial charge in [0, 0.05) is 5.56 Å². The number of nitrogens with one attached hydrogen (secondary N) is 2. The van der Waals surface area contributed by atoms with Gasteiger partial charge in [-0.05, 0) is 30.7 Å². The number of aromatic hydroxyl groups is 1. The summed E-state index contributed by atoms with van der Waals surface area (Å²) < 4.78 is 4.89. The third kappa shape index (κ3) is 3.95. The zero-order chi connectivity index (χ0) is 15.9. The number of amides is 2. The summed E-state index contributed by atoms with van der Waals surface area (Å²) in [5.41, 5.74) is 3.45. The summed E-state index contributed by atoms with van der Waals surface area (Å²) in [6.45, 7) is 1.52. The number of aryl methyl sites for hydroxylation is 1. The van der Waals surface area contributed by atoms with Crippen molar-refractivity contribution in [1.29, 1.82) is 0 Å². The third-order valence-corrected chi connectivity index (χ3v) is 2.82. The molecule has 2 aromatic rings. The second-order valence-electron chi connectivity index (χ2n) is 4.47. The second-order valence-corrected chi connectivity index (χ2v) is 4.47. The maximum absolute atomic E-state index is 11.5. The summed E-state index contributed by atoms with van der Waals surface area (Å²) in [5, 5.41) is 15.9. The molecule has 0 radical (unpaired) electrons. The van der Waals surface area contributed by atoms with Gasteiger partial charge in [0.15, 0.2) is 5.76 Å². The van der Waals surface area contributed by atoms with Crippen LogP contribution in [0.15, 0.2) is 46.1 Å². The number of phenols is 1. The molecule has 0 aliphatic rings. The molecule has 114 valence electrons. The number of hydrogen-bond donors (Lipinski definition) is 3. The van der Waals surface area contributed by atoms with E-state index in [1.54, 1.807) is 31.2 Å². The monoisotopic (exact) mass is 301 g/mol. The average Bonchev–Trinajstić information content (AvgIpc) is 3.03. The molecule has 22 heavy (non-hydrogen) atoms. The lowest BCUT2D eigenvalue weighted by atomic mass is 10.1. The number of benzene rings is 1. The topological polar surface area (TPSA) is 104 Å². The van der Waals surface area contributed by atoms with E-state index in [0.29, 0.717) is 11.1 Å². The highest BCUT2D eigenvalue weighted by Crippen LogP contribution is 2.19. The Balaban J connectivity index is 1.81. The van der Waals surface area contributed by atoms with Crippen molar-refractivity contribution in [2.24, 2.45) is 5.10 Å². The van der Waals surface area contributed by atoms with Crippen LogP contribution in [0.2, 0.25) is 0 Å². The molecule has 0 saturated heterocycles. The van der Waals surface area contributed by atoms with Crippen LogP contribution < -0.4 is 10.7 Å². The first-order valence-electron chi connectivity index (χ1n) is 6.50. The van der Waals surface area contributed by atoms with Crippen LogP contribution in [0.25, 0.3) is 0 Å². The van der Waals surface area contributed by atoms with Gasteiger partial charge in [0.2, 0.25) is 0 Å². The molecule has 7 nitrogen and oxygen atoms in total. The van der Waals surface area contributed by atoms with Crippen LogP contribution in [0.5, 0.6) is 5.75 Å². The lowest BCUT2D eigenvalue weighted by Gasteiger charge is -2.03. The highest BCUT2D eigenvalue weighted by Gasteiger charge is 2.09. The Morgan fingerprint density at radius 1 is 1.32 bits per heavy atom. The van der Waals surface area contributed by atoms with Crippen molar-refractivity contribution in [3.63, 3.8) is 0 Å². The van der Waals surface area contributed by atoms with Gasteiger partial charge in [-0.1, -0.05) is 12.1 Å². The van der Waals surface area contributed by atoms with Crippen molar-refractivity contribution in [2.45, 2.75) is 6.92 Å². The second kappa shape index (κ2) is 7.07. The molecular formula is C15H15N3O4. The number of phenolic OH excluding ortho intramolecular Hbond substituents is 1. The van der Waals surface area contributed by atoms with Crippen molar-refractivity contribution >= 4 is 18.0 Å². The van der Waals surface area contributed by atoms with Crippen molar-refractivity contribution < 1.29 is 19.1 Å². The number of carbonyl (C=O) groups excluding carboxylic acids is 2. The Kier molecular flexibility index (Phi) is 4.92. The van der Waals surface area contributed by atoms with E-state index in [1.165, 1.54) is 18.5 Å². The van der Waals surface area contributed by atoms with Crippen molar-refractivity contribution in [3.8, 4) is 5.75 Å². The minimum absolute atomic E-state index is 0.103. The Morgan fingerprint density at radius 2 is 2.14 bits per heavy atom. The molecule has 1 heterocycles. The van der Waals surface area contributed by atoms with E-state index in [9.17, 15) is 14.7 Å². The van der Waals surface area contributed by atoms with Gasteiger partial charge in [-0.25, -0.2) is 5.43 Å². The molecule has 3 N–H and O–H groups in total. The van der Waals surface area contributed by atoms with E-state index >= 15 is 0 Å². The molecular weight excluding hydrogens is 286 g/mol. The Labute approximate surface area is 126 Å². The number of hydrogen-bond acceptors (Lipinski definition) is 5. The third-order valence-electron chi connectivity index (χ3n) is 2.82. The molecule has 0 spiro atoms. The molecule has 7 heteroatoms. The summed E-state index contributed by atoms with van der Waals surface area (Å²) in [6, 6.07) is 8.26. The maximum Gasteiger partial charge on any atom is 0.287 e. The molecule has 0 aliphatic carbocycles. The number of rotatable bonds is 5. The molecule has 0 fully saturated rings. The zero-order valence-corrected chi connectivity index (χ0v) is 11.9. The van der Waals surface area contributed by atoms with Crippen LogP contribution >= 0.6 is 0 Å². The van der Waals surface area contributed by atoms with Crippen molar-refractivity contribution in [3.05, 3.63) is 53.5 Å². The largest absolute Gasteiger partial charge is 0.507 e. The van der Waals surface area contributed by atoms with E-state index in [2.05, 4.69) is 15.8 Å². The minimum Gasteiger partial charge on any atom is -0.507 e. The van der Waals surface area contributed by atoms with Crippen LogP contribution in [-0.2, 0) is 4.79 Å². The van der Waals surface area contributed by atoms with Crippen LogP contribution in [-0.4, -0.2) is 29.7 Å². The predicted molar refractivity (Wildman–Crippen MR) is 79.6 cm³/mol. The number of hydrazone groups is 1. The molecule has 0 atom stereocenters. The number of para-hydroxylation sites is 1. The summed E-state index contributed by atoms with van der Waals surface area (Å²) in [7, 11) is 0. The number of furan rings is 1. The highest BCUT2D eigenvalue weighted by molar-refractivity contribution is 5.94. The molecule has 1 aromatic heterocycles. The summed E-state index contributed by atoms with van der Waals surface area (Å²) >= 11 is 0. The van der Waals surface area contributed by atoms with Crippen molar-refractivity contribution in [1.82, 2.24) is 10.7 Å². The molecule has 0 aliphatic heterocycles. The van der Waals surface area contributed by atoms with E-state index in [0.717, 1.165) is 0 Å². The lowest BCUT2D eigenvalue weighted by molar-refractivity contribution is -0.120. The zero-order valence-electron chi connectivity index (χ0n) is 11.9. The van der Waals surface area contributed by atoms with Gasteiger partial charge in [0.1, 0.15) is 5.75 Å². The molecule has 1 aromatic carbocycles. The van der Waals surface area contributed by atoms with Crippen LogP contribution in [0.4, 0.5) is 0 Å². The van der Waals surface area contributed by atoms with Crippen molar-refractivity contribution in [2.75, 3.05) is 6.54 Å². The van der Waals surface area contributed by atoms with Gasteiger partial charge in [-0.15, -0.1) is 0 Å². The van der Waals surface area contributed by atoms with Gasteiger partial charge >= 0.3 is 0 Å². The Hall–Kier alpha value is -3.09. The summed E-state index contributed by atoms with van der Waals surface area (Å²) in [6.07, 6.45) is 2.70. The quantitative estimate of drug-likeness (QED) is 0.569. The van der Waals surface area contributed by atoms with E-state index in [1.807, 2.05) is 0 Å². The predicted octanol–water partition coefficient (Wildman–Crippen LogP) is 1.17. The number of carbonyl (C=O) groups is 2. The Morgan fingerprint density at radius 3 is 2.86 bits per heavy atom. The lowest BCUT2D eigenvalue weighted by Crippen LogP contribution is -2.34. The van der Waals surface area contributed by atoms with Crippen LogP contribution in [0.3, 0.4) is 0 Å². The fourth-order valence-electron chi connectivity index (χ4n) is 1.65. The van der Waals surface area contributed by atoms with Crippen LogP contribution in [0, 0.1) is 6.92 Å². The van der Waals surface area contributed by atoms with Crippen LogP contribution in [0.1, 0.15) is 21.7 Å². The molecule has 0 saturated carbocycles. The first-order valence-corrected chi connectivity index (χ1v) is 6.50. The molecule has 0 unspecified atom stereocenters. The van der Waals surface area contributed by atoms with E-state index < -0.39 is 11.8 Å². The highest BCUT2D eigenvalue weighted by atomic mass is 16.3. The fourth-order valence-corrected chi connectivity index (χ4v) is 1.65. The molecule has 2 rings (SSSR count). The van der Waals surface area contributed by atoms with Gasteiger partial charge in [-0.3, -0.25) is 9.59 Å². The smallest absolute Gasteiger partial charge is 0.287 e. The number of nitrogens with zero attached hydrogens (tertiary/aromatic N) is 1. The van der Waals surface area contributed by atoms with Gasteiger partial charge in [-0.2, -0.15) is 5.10 Å². The normalized spacial score (nSPS) is 10.6. The maximum atomic E-state index is 11.5. The first-order chi connectivity index (χ1) is 10.6. The minimum atomic E-state index is -0.497. The summed E-state index contributed by atoms with van der Waals surface area (Å²) in [5.74, 6) is -0.753. The SMILES string of the molecule is Cc1cccc(/C=N\NC(=O)CNC(=O)c2ccco2)c1O. The standard InChI is InChI=1S/C15H15N3O4/c1-10-4-2-5-11(14(10)20)8-17-18-13(19)9-16-15(21)12-6-3-7-22-12/h2-8,20H,9H2,1H3,(H,16,21)(H,18,19)/b17-8-. The van der Waals surface area contributed by atoms with E-state index in [4.69, 9.17) is 4.42 Å². The van der Waals surface area contributed by atoms with Gasteiger partial charge in [0.25, 0.3) is 11.8 Å². The van der Waals surface area contributed by atoms with Gasteiger partial charge in [0.05, 0.1) is 19.0 Å². The Bertz CT molecular complexity index is 693. The average molecular weight is 301 g/mol. The summed E-state index contributed by atoms with van der Waals surface area (Å²) in [4.78, 5) is 23.1. The first kappa shape index (κ1) is 15.3. The molecule has 0 bridgehead atoms.